The average Bonchev–Trinajstić information content (AvgIpc) is 3.30. The van der Waals surface area contributed by atoms with Crippen molar-refractivity contribution in [3.63, 3.8) is 0 Å². The van der Waals surface area contributed by atoms with Gasteiger partial charge in [0.15, 0.2) is 6.61 Å². The number of hydrogen-bond donors (Lipinski definition) is 1. The molecule has 1 N–H and O–H groups in total. The standard InChI is InChI=1S/C17H14F3N3O3S/c18-17(19,20)10-25-12-5-2-1-4-11(12)21-14(24)7-8-15-22-16(23-26-15)13-6-3-9-27-13/h1-6,9H,7-8,10H2,(H,21,24). The van der Waals surface area contributed by atoms with Crippen molar-refractivity contribution in [2.45, 2.75) is 19.0 Å². The molecule has 0 aliphatic heterocycles. The van der Waals surface area contributed by atoms with Crippen LogP contribution in [0.2, 0.25) is 0 Å². The Balaban J connectivity index is 1.55. The van der Waals surface area contributed by atoms with E-state index >= 15 is 0 Å². The molecule has 27 heavy (non-hydrogen) atoms. The maximum Gasteiger partial charge on any atom is 0.422 e. The summed E-state index contributed by atoms with van der Waals surface area (Å²) in [5.74, 6) is 0.288. The molecule has 0 atom stereocenters. The van der Waals surface area contributed by atoms with Crippen molar-refractivity contribution in [1.29, 1.82) is 0 Å². The summed E-state index contributed by atoms with van der Waals surface area (Å²) in [6.07, 6.45) is -4.23. The summed E-state index contributed by atoms with van der Waals surface area (Å²) in [7, 11) is 0. The summed E-state index contributed by atoms with van der Waals surface area (Å²) in [4.78, 5) is 17.2. The van der Waals surface area contributed by atoms with Crippen LogP contribution in [0.25, 0.3) is 10.7 Å². The molecule has 10 heteroatoms. The molecule has 0 radical (unpaired) electrons. The van der Waals surface area contributed by atoms with Crippen molar-refractivity contribution >= 4 is 22.9 Å². The van der Waals surface area contributed by atoms with E-state index in [0.717, 1.165) is 4.88 Å². The molecule has 2 aromatic heterocycles. The highest BCUT2D eigenvalue weighted by molar-refractivity contribution is 7.13. The van der Waals surface area contributed by atoms with E-state index in [-0.39, 0.29) is 24.3 Å². The molecule has 0 saturated carbocycles. The van der Waals surface area contributed by atoms with Crippen LogP contribution in [-0.4, -0.2) is 28.8 Å². The minimum absolute atomic E-state index is 0.0275. The Labute approximate surface area is 156 Å². The van der Waals surface area contributed by atoms with Gasteiger partial charge < -0.3 is 14.6 Å². The number of aromatic nitrogens is 2. The van der Waals surface area contributed by atoms with E-state index < -0.39 is 18.7 Å². The van der Waals surface area contributed by atoms with Crippen LogP contribution in [0.5, 0.6) is 5.75 Å². The molecule has 0 spiro atoms. The molecule has 3 aromatic rings. The van der Waals surface area contributed by atoms with Gasteiger partial charge in [-0.2, -0.15) is 18.2 Å². The Morgan fingerprint density at radius 3 is 2.78 bits per heavy atom. The quantitative estimate of drug-likeness (QED) is 0.643. The second-order valence-corrected chi connectivity index (χ2v) is 6.38. The molecule has 0 saturated heterocycles. The van der Waals surface area contributed by atoms with E-state index in [1.54, 1.807) is 6.07 Å². The highest BCUT2D eigenvalue weighted by Crippen LogP contribution is 2.26. The fourth-order valence-electron chi connectivity index (χ4n) is 2.15. The molecular weight excluding hydrogens is 383 g/mol. The zero-order valence-corrected chi connectivity index (χ0v) is 14.6. The van der Waals surface area contributed by atoms with E-state index in [4.69, 9.17) is 9.26 Å². The van der Waals surface area contributed by atoms with E-state index in [1.165, 1.54) is 29.5 Å². The molecular formula is C17H14F3N3O3S. The average molecular weight is 397 g/mol. The molecule has 142 valence electrons. The summed E-state index contributed by atoms with van der Waals surface area (Å²) < 4.78 is 46.8. The maximum absolute atomic E-state index is 12.3. The zero-order valence-electron chi connectivity index (χ0n) is 13.8. The Kier molecular flexibility index (Phi) is 5.75. The lowest BCUT2D eigenvalue weighted by Crippen LogP contribution is -2.20. The molecule has 1 aromatic carbocycles. The lowest BCUT2D eigenvalue weighted by molar-refractivity contribution is -0.153. The number of aryl methyl sites for hydroxylation is 1. The van der Waals surface area contributed by atoms with Crippen LogP contribution in [0.15, 0.2) is 46.3 Å². The van der Waals surface area contributed by atoms with Crippen LogP contribution < -0.4 is 10.1 Å². The van der Waals surface area contributed by atoms with Crippen molar-refractivity contribution in [2.75, 3.05) is 11.9 Å². The third-order valence-corrected chi connectivity index (χ3v) is 4.19. The third kappa shape index (κ3) is 5.55. The second kappa shape index (κ2) is 8.21. The zero-order chi connectivity index (χ0) is 19.3. The highest BCUT2D eigenvalue weighted by atomic mass is 32.1. The summed E-state index contributed by atoms with van der Waals surface area (Å²) in [5.41, 5.74) is 0.163. The number of halogens is 3. The first-order chi connectivity index (χ1) is 12.9. The number of anilines is 1. The summed E-state index contributed by atoms with van der Waals surface area (Å²) in [5, 5.41) is 8.27. The number of ether oxygens (including phenoxy) is 1. The maximum atomic E-state index is 12.3. The van der Waals surface area contributed by atoms with E-state index in [2.05, 4.69) is 15.5 Å². The predicted molar refractivity (Wildman–Crippen MR) is 92.6 cm³/mol. The molecule has 0 aliphatic carbocycles. The van der Waals surface area contributed by atoms with Crippen molar-refractivity contribution in [2.24, 2.45) is 0 Å². The van der Waals surface area contributed by atoms with Gasteiger partial charge in [-0.25, -0.2) is 0 Å². The Bertz CT molecular complexity index is 894. The minimum atomic E-state index is -4.46. The number of hydrogen-bond acceptors (Lipinski definition) is 6. The fraction of sp³-hybridized carbons (Fsp3) is 0.235. The monoisotopic (exact) mass is 397 g/mol. The van der Waals surface area contributed by atoms with Gasteiger partial charge in [0.05, 0.1) is 10.6 Å². The van der Waals surface area contributed by atoms with Gasteiger partial charge in [0.25, 0.3) is 0 Å². The van der Waals surface area contributed by atoms with Crippen LogP contribution >= 0.6 is 11.3 Å². The molecule has 3 rings (SSSR count). The first-order valence-corrected chi connectivity index (χ1v) is 8.73. The third-order valence-electron chi connectivity index (χ3n) is 3.33. The summed E-state index contributed by atoms with van der Waals surface area (Å²) in [6.45, 7) is -1.44. The molecule has 0 aliphatic rings. The normalized spacial score (nSPS) is 11.4. The number of thiophene rings is 1. The smallest absolute Gasteiger partial charge is 0.422 e. The van der Waals surface area contributed by atoms with Gasteiger partial charge in [0.1, 0.15) is 5.75 Å². The number of alkyl halides is 3. The van der Waals surface area contributed by atoms with E-state index in [9.17, 15) is 18.0 Å². The SMILES string of the molecule is O=C(CCc1nc(-c2cccs2)no1)Nc1ccccc1OCC(F)(F)F. The van der Waals surface area contributed by atoms with Crippen LogP contribution in [0, 0.1) is 0 Å². The van der Waals surface area contributed by atoms with Gasteiger partial charge in [-0.15, -0.1) is 11.3 Å². The summed E-state index contributed by atoms with van der Waals surface area (Å²) >= 11 is 1.47. The number of rotatable bonds is 7. The summed E-state index contributed by atoms with van der Waals surface area (Å²) in [6, 6.07) is 9.64. The van der Waals surface area contributed by atoms with Crippen molar-refractivity contribution < 1.29 is 27.2 Å². The lowest BCUT2D eigenvalue weighted by Gasteiger charge is -2.13. The Morgan fingerprint density at radius 1 is 1.22 bits per heavy atom. The minimum Gasteiger partial charge on any atom is -0.482 e. The van der Waals surface area contributed by atoms with Gasteiger partial charge in [-0.3, -0.25) is 4.79 Å². The van der Waals surface area contributed by atoms with E-state index in [0.29, 0.717) is 11.7 Å². The van der Waals surface area contributed by atoms with Crippen LogP contribution in [0.3, 0.4) is 0 Å². The van der Waals surface area contributed by atoms with Crippen molar-refractivity contribution in [3.05, 3.63) is 47.7 Å². The molecule has 2 heterocycles. The van der Waals surface area contributed by atoms with Gasteiger partial charge >= 0.3 is 6.18 Å². The van der Waals surface area contributed by atoms with Gasteiger partial charge in [-0.05, 0) is 23.6 Å². The number of benzene rings is 1. The van der Waals surface area contributed by atoms with Crippen LogP contribution in [-0.2, 0) is 11.2 Å². The second-order valence-electron chi connectivity index (χ2n) is 5.44. The Morgan fingerprint density at radius 2 is 2.04 bits per heavy atom. The van der Waals surface area contributed by atoms with Gasteiger partial charge in [-0.1, -0.05) is 23.4 Å². The number of carbonyl (C=O) groups excluding carboxylic acids is 1. The van der Waals surface area contributed by atoms with Gasteiger partial charge in [0, 0.05) is 12.8 Å². The predicted octanol–water partition coefficient (Wildman–Crippen LogP) is 4.31. The topological polar surface area (TPSA) is 77.2 Å². The first kappa shape index (κ1) is 18.9. The number of nitrogens with zero attached hydrogens (tertiary/aromatic N) is 2. The van der Waals surface area contributed by atoms with Crippen LogP contribution in [0.4, 0.5) is 18.9 Å². The first-order valence-electron chi connectivity index (χ1n) is 7.85. The lowest BCUT2D eigenvalue weighted by atomic mass is 10.2. The largest absolute Gasteiger partial charge is 0.482 e. The van der Waals surface area contributed by atoms with Crippen molar-refractivity contribution in [3.8, 4) is 16.5 Å². The van der Waals surface area contributed by atoms with E-state index in [1.807, 2.05) is 17.5 Å². The molecule has 6 nitrogen and oxygen atoms in total. The number of nitrogens with one attached hydrogen (secondary N) is 1. The number of amides is 1. The Hall–Kier alpha value is -2.88. The molecule has 1 amide bonds. The number of para-hydroxylation sites is 2. The molecule has 0 fully saturated rings. The number of carbonyl (C=O) groups is 1. The van der Waals surface area contributed by atoms with Crippen LogP contribution in [0.1, 0.15) is 12.3 Å². The van der Waals surface area contributed by atoms with Crippen molar-refractivity contribution in [1.82, 2.24) is 10.1 Å². The molecule has 0 bridgehead atoms. The molecule has 0 unspecified atom stereocenters. The highest BCUT2D eigenvalue weighted by Gasteiger charge is 2.28. The van der Waals surface area contributed by atoms with Gasteiger partial charge in [0.2, 0.25) is 17.6 Å². The fourth-order valence-corrected chi connectivity index (χ4v) is 2.80.